The van der Waals surface area contributed by atoms with Gasteiger partial charge in [0.05, 0.1) is 11.4 Å². The highest BCUT2D eigenvalue weighted by atomic mass is 16.5. The van der Waals surface area contributed by atoms with E-state index in [2.05, 4.69) is 27.2 Å². The van der Waals surface area contributed by atoms with Crippen molar-refractivity contribution in [2.24, 2.45) is 0 Å². The highest BCUT2D eigenvalue weighted by Crippen LogP contribution is 2.34. The van der Waals surface area contributed by atoms with Crippen LogP contribution in [-0.4, -0.2) is 21.2 Å². The Kier molecular flexibility index (Phi) is 4.26. The van der Waals surface area contributed by atoms with Crippen LogP contribution in [0.5, 0.6) is 11.5 Å². The Morgan fingerprint density at radius 3 is 2.36 bits per heavy atom. The van der Waals surface area contributed by atoms with Gasteiger partial charge < -0.3 is 10.2 Å². The molecule has 2 aromatic carbocycles. The Balaban J connectivity index is 1.53. The molecule has 5 rings (SSSR count). The minimum absolute atomic E-state index is 0.808. The number of ether oxygens (including phenoxy) is 1. The molecule has 0 bridgehead atoms. The Labute approximate surface area is 163 Å². The van der Waals surface area contributed by atoms with E-state index < -0.39 is 0 Å². The van der Waals surface area contributed by atoms with Crippen LogP contribution in [0.3, 0.4) is 0 Å². The lowest BCUT2D eigenvalue weighted by Gasteiger charge is -2.19. The van der Waals surface area contributed by atoms with Gasteiger partial charge in [0.1, 0.15) is 17.3 Å². The minimum atomic E-state index is 0.808. The lowest BCUT2D eigenvalue weighted by atomic mass is 10.1. The zero-order valence-electron chi connectivity index (χ0n) is 15.4. The molecule has 4 aromatic rings. The predicted molar refractivity (Wildman–Crippen MR) is 110 cm³/mol. The number of fused-ring (bicyclic) bond motifs is 1. The zero-order chi connectivity index (χ0) is 18.8. The van der Waals surface area contributed by atoms with Crippen LogP contribution in [0, 0.1) is 0 Å². The molecule has 1 aliphatic rings. The fraction of sp³-hybridized carbons (Fsp3) is 0.130. The topological polar surface area (TPSA) is 52.0 Å². The van der Waals surface area contributed by atoms with Crippen LogP contribution < -0.4 is 10.2 Å². The fourth-order valence-electron chi connectivity index (χ4n) is 3.52. The van der Waals surface area contributed by atoms with Gasteiger partial charge in [0.25, 0.3) is 0 Å². The molecule has 0 saturated heterocycles. The van der Waals surface area contributed by atoms with Crippen molar-refractivity contribution in [2.75, 3.05) is 12.0 Å². The van der Waals surface area contributed by atoms with Crippen LogP contribution in [0.15, 0.2) is 79.1 Å². The molecular formula is C23H20N4O. The average molecular weight is 368 g/mol. The molecule has 3 heterocycles. The number of nitrogens with zero attached hydrogens (tertiary/aromatic N) is 3. The van der Waals surface area contributed by atoms with E-state index in [0.29, 0.717) is 0 Å². The van der Waals surface area contributed by atoms with E-state index in [1.165, 1.54) is 0 Å². The largest absolute Gasteiger partial charge is 0.457 e. The van der Waals surface area contributed by atoms with E-state index in [9.17, 15) is 0 Å². The first-order valence-corrected chi connectivity index (χ1v) is 9.48. The summed E-state index contributed by atoms with van der Waals surface area (Å²) in [5.41, 5.74) is 7.69. The van der Waals surface area contributed by atoms with Crippen molar-refractivity contribution in [3.63, 3.8) is 0 Å². The molecule has 138 valence electrons. The van der Waals surface area contributed by atoms with Crippen LogP contribution in [0.2, 0.25) is 0 Å². The molecule has 1 N–H and O–H groups in total. The number of aryl methyl sites for hydroxylation is 1. The third kappa shape index (κ3) is 3.11. The van der Waals surface area contributed by atoms with Gasteiger partial charge in [-0.05, 0) is 55.0 Å². The Hall–Kier alpha value is -3.60. The smallest absolute Gasteiger partial charge is 0.128 e. The molecule has 1 aliphatic heterocycles. The molecule has 28 heavy (non-hydrogen) atoms. The van der Waals surface area contributed by atoms with Crippen molar-refractivity contribution in [3.05, 3.63) is 84.9 Å². The second kappa shape index (κ2) is 7.19. The van der Waals surface area contributed by atoms with Gasteiger partial charge in [-0.25, -0.2) is 9.66 Å². The first-order chi connectivity index (χ1) is 13.9. The maximum Gasteiger partial charge on any atom is 0.128 e. The zero-order valence-corrected chi connectivity index (χ0v) is 15.4. The summed E-state index contributed by atoms with van der Waals surface area (Å²) in [6, 6.07) is 22.0. The van der Waals surface area contributed by atoms with Crippen molar-refractivity contribution in [1.29, 1.82) is 0 Å². The van der Waals surface area contributed by atoms with Crippen LogP contribution in [0.4, 0.5) is 0 Å². The van der Waals surface area contributed by atoms with Crippen LogP contribution in [0.25, 0.3) is 22.5 Å². The molecule has 0 saturated carbocycles. The van der Waals surface area contributed by atoms with Gasteiger partial charge in [-0.1, -0.05) is 18.2 Å². The molecule has 0 amide bonds. The number of para-hydroxylation sites is 1. The average Bonchev–Trinajstić information content (AvgIpc) is 3.15. The molecule has 0 aliphatic carbocycles. The summed E-state index contributed by atoms with van der Waals surface area (Å²) in [4.78, 5) is 9.10. The van der Waals surface area contributed by atoms with Gasteiger partial charge in [-0.3, -0.25) is 4.98 Å². The summed E-state index contributed by atoms with van der Waals surface area (Å²) in [5, 5.41) is 0. The van der Waals surface area contributed by atoms with Crippen molar-refractivity contribution in [2.45, 2.75) is 12.8 Å². The highest BCUT2D eigenvalue weighted by Gasteiger charge is 2.22. The first kappa shape index (κ1) is 16.6. The summed E-state index contributed by atoms with van der Waals surface area (Å²) >= 11 is 0. The van der Waals surface area contributed by atoms with E-state index >= 15 is 0 Å². The van der Waals surface area contributed by atoms with Gasteiger partial charge in [0, 0.05) is 36.5 Å². The maximum atomic E-state index is 5.92. The van der Waals surface area contributed by atoms with E-state index in [-0.39, 0.29) is 0 Å². The van der Waals surface area contributed by atoms with Crippen molar-refractivity contribution < 1.29 is 4.74 Å². The van der Waals surface area contributed by atoms with Crippen LogP contribution >= 0.6 is 0 Å². The molecule has 2 aromatic heterocycles. The van der Waals surface area contributed by atoms with Crippen LogP contribution in [-0.2, 0) is 6.42 Å². The fourth-order valence-corrected chi connectivity index (χ4v) is 3.52. The second-order valence-electron chi connectivity index (χ2n) is 6.75. The SMILES string of the molecule is c1ccc(Oc2ccc(-c3nc4n(c3-c3ccncc3)NCCC4)cc2)cc1. The minimum Gasteiger partial charge on any atom is -0.457 e. The van der Waals surface area contributed by atoms with E-state index in [1.54, 1.807) is 0 Å². The number of hydrogen-bond donors (Lipinski definition) is 1. The number of pyridine rings is 1. The number of nitrogens with one attached hydrogen (secondary N) is 1. The number of hydrogen-bond acceptors (Lipinski definition) is 4. The number of rotatable bonds is 4. The lowest BCUT2D eigenvalue weighted by molar-refractivity contribution is 0.483. The normalized spacial score (nSPS) is 12.9. The highest BCUT2D eigenvalue weighted by molar-refractivity contribution is 5.79. The van der Waals surface area contributed by atoms with Crippen molar-refractivity contribution >= 4 is 0 Å². The third-order valence-electron chi connectivity index (χ3n) is 4.85. The van der Waals surface area contributed by atoms with Gasteiger partial charge in [-0.2, -0.15) is 0 Å². The summed E-state index contributed by atoms with van der Waals surface area (Å²) < 4.78 is 8.05. The molecule has 0 spiro atoms. The summed E-state index contributed by atoms with van der Waals surface area (Å²) in [6.45, 7) is 0.949. The van der Waals surface area contributed by atoms with Crippen molar-refractivity contribution in [3.8, 4) is 34.0 Å². The second-order valence-corrected chi connectivity index (χ2v) is 6.75. The van der Waals surface area contributed by atoms with Gasteiger partial charge in [-0.15, -0.1) is 0 Å². The monoisotopic (exact) mass is 368 g/mol. The van der Waals surface area contributed by atoms with Gasteiger partial charge in [0.15, 0.2) is 0 Å². The predicted octanol–water partition coefficient (Wildman–Crippen LogP) is 4.89. The number of aromatic nitrogens is 3. The van der Waals surface area contributed by atoms with Gasteiger partial charge in [0.2, 0.25) is 0 Å². The Bertz CT molecular complexity index is 1070. The van der Waals surface area contributed by atoms with E-state index in [1.807, 2.05) is 67.0 Å². The quantitative estimate of drug-likeness (QED) is 0.557. The first-order valence-electron chi connectivity index (χ1n) is 9.48. The summed E-state index contributed by atoms with van der Waals surface area (Å²) in [6.07, 6.45) is 5.70. The molecule has 0 atom stereocenters. The molecule has 0 radical (unpaired) electrons. The molecule has 5 nitrogen and oxygen atoms in total. The maximum absolute atomic E-state index is 5.92. The summed E-state index contributed by atoms with van der Waals surface area (Å²) in [5.74, 6) is 2.70. The third-order valence-corrected chi connectivity index (χ3v) is 4.85. The number of imidazole rings is 1. The standard InChI is InChI=1S/C23H20N4O/c1-2-5-19(6-3-1)28-20-10-8-17(9-11-20)22-23(18-12-15-24-16-13-18)27-21(26-22)7-4-14-25-27/h1-3,5-6,8-13,15-16,25H,4,7,14H2. The van der Waals surface area contributed by atoms with E-state index in [4.69, 9.17) is 9.72 Å². The Morgan fingerprint density at radius 1 is 0.821 bits per heavy atom. The molecule has 5 heteroatoms. The molecule has 0 fully saturated rings. The van der Waals surface area contributed by atoms with Gasteiger partial charge >= 0.3 is 0 Å². The molecular weight excluding hydrogens is 348 g/mol. The Morgan fingerprint density at radius 2 is 1.57 bits per heavy atom. The van der Waals surface area contributed by atoms with Crippen molar-refractivity contribution in [1.82, 2.24) is 14.6 Å². The number of benzene rings is 2. The summed E-state index contributed by atoms with van der Waals surface area (Å²) in [7, 11) is 0. The lowest BCUT2D eigenvalue weighted by Crippen LogP contribution is -2.25. The molecule has 0 unspecified atom stereocenters. The van der Waals surface area contributed by atoms with Crippen LogP contribution in [0.1, 0.15) is 12.2 Å². The van der Waals surface area contributed by atoms with E-state index in [0.717, 1.165) is 59.2 Å².